The average Bonchev–Trinajstić information content (AvgIpc) is 1.64. The topological polar surface area (TPSA) is 366 Å². The number of rotatable bonds is 24. The number of benzene rings is 8. The zero-order chi connectivity index (χ0) is 99.0. The molecule has 8 aromatic carbocycles. The second-order valence-electron chi connectivity index (χ2n) is 36.9. The molecule has 13 heterocycles. The van der Waals surface area contributed by atoms with Crippen LogP contribution in [0.4, 0.5) is 34.6 Å². The van der Waals surface area contributed by atoms with Gasteiger partial charge in [0.15, 0.2) is 23.1 Å². The number of aromatic nitrogens is 14. The Bertz CT molecular complexity index is 7020. The Morgan fingerprint density at radius 3 is 1.12 bits per heavy atom. The second kappa shape index (κ2) is 41.9. The Morgan fingerprint density at radius 1 is 0.392 bits per heavy atom. The molecule has 3 saturated heterocycles. The lowest BCUT2D eigenvalue weighted by atomic mass is 9.95. The molecule has 0 spiro atoms. The van der Waals surface area contributed by atoms with E-state index in [1.807, 2.05) is 149 Å². The molecule has 3 atom stereocenters. The van der Waals surface area contributed by atoms with Gasteiger partial charge in [-0.3, -0.25) is 73.7 Å². The van der Waals surface area contributed by atoms with E-state index in [4.69, 9.17) is 4.74 Å². The van der Waals surface area contributed by atoms with Gasteiger partial charge in [-0.05, 0) is 222 Å². The molecule has 0 saturated carbocycles. The first-order valence-corrected chi connectivity index (χ1v) is 47.3. The van der Waals surface area contributed by atoms with Crippen molar-refractivity contribution in [2.24, 2.45) is 0 Å². The van der Waals surface area contributed by atoms with Crippen LogP contribution in [0.25, 0.3) is 117 Å². The van der Waals surface area contributed by atoms with Crippen molar-refractivity contribution in [3.8, 4) is 67.9 Å². The van der Waals surface area contributed by atoms with Gasteiger partial charge < -0.3 is 35.4 Å². The number of hydrogen-bond acceptors (Lipinski definition) is 22. The maximum absolute atomic E-state index is 15.1. The normalized spacial score (nSPS) is 18.4. The molecule has 0 bridgehead atoms. The van der Waals surface area contributed by atoms with E-state index in [0.29, 0.717) is 179 Å². The lowest BCUT2D eigenvalue weighted by Crippen LogP contribution is -2.56. The van der Waals surface area contributed by atoms with Crippen molar-refractivity contribution in [1.29, 1.82) is 0 Å². The number of hydrogen-bond donors (Lipinski definition) is 7. The summed E-state index contributed by atoms with van der Waals surface area (Å²) in [5, 5.41) is 40.8. The van der Waals surface area contributed by atoms with Crippen LogP contribution in [-0.4, -0.2) is 295 Å². The highest BCUT2D eigenvalue weighted by molar-refractivity contribution is 6.05. The number of likely N-dealkylation sites (N-methyl/N-ethyl adjacent to an activating group) is 2. The third kappa shape index (κ3) is 20.9. The highest BCUT2D eigenvalue weighted by Crippen LogP contribution is 2.39. The molecule has 15 aromatic rings. The van der Waals surface area contributed by atoms with E-state index in [-0.39, 0.29) is 78.3 Å². The molecule has 2 unspecified atom stereocenters. The second-order valence-corrected chi connectivity index (χ2v) is 36.9. The van der Waals surface area contributed by atoms with Crippen LogP contribution in [0.5, 0.6) is 0 Å². The lowest BCUT2D eigenvalue weighted by molar-refractivity contribution is -0.138. The molecule has 7 N–H and O–H groups in total. The first kappa shape index (κ1) is 96.0. The Labute approximate surface area is 820 Å². The van der Waals surface area contributed by atoms with E-state index in [1.165, 1.54) is 42.0 Å². The summed E-state index contributed by atoms with van der Waals surface area (Å²) in [6.07, 6.45) is 22.9. The number of halogens is 4. The number of H-pyrrole nitrogens is 4. The van der Waals surface area contributed by atoms with Crippen molar-refractivity contribution < 1.29 is 51.1 Å². The van der Waals surface area contributed by atoms with E-state index < -0.39 is 16.7 Å². The molecule has 7 aromatic heterocycles. The Hall–Kier alpha value is -15.9. The molecule has 21 rings (SSSR count). The molecule has 6 aliphatic rings. The summed E-state index contributed by atoms with van der Waals surface area (Å²) in [4.78, 5) is 122. The zero-order valence-corrected chi connectivity index (χ0v) is 79.4. The Morgan fingerprint density at radius 2 is 0.748 bits per heavy atom. The molecule has 6 amide bonds. The highest BCUT2D eigenvalue weighted by Gasteiger charge is 2.50. The van der Waals surface area contributed by atoms with Crippen LogP contribution in [0.15, 0.2) is 250 Å². The molecule has 32 nitrogen and oxygen atoms in total. The number of methoxy groups -OCH3 is 1. The molecule has 143 heavy (non-hydrogen) atoms. The molecule has 6 aliphatic heterocycles. The van der Waals surface area contributed by atoms with Crippen LogP contribution >= 0.6 is 0 Å². The molecule has 728 valence electrons. The number of carbonyl (C=O) groups excluding carboxylic acids is 6. The summed E-state index contributed by atoms with van der Waals surface area (Å²) < 4.78 is 63.0. The van der Waals surface area contributed by atoms with Crippen molar-refractivity contribution in [2.45, 2.75) is 55.2 Å². The van der Waals surface area contributed by atoms with Gasteiger partial charge in [0, 0.05) is 207 Å². The SMILES string of the molecule is CN(C)C1(C(=O)Nc2ccc3[nH]nc(-c4ccc(F)cc4)c3c2)CCN(CC(=O)N2CC=C(c3ccc(-c4ncccn4)cc3F)CC2)C1.CN(C)C1(C(=O)Nc2ccc3[nH]nc(-c4ccc(F)cc4)c3c2)CCN(CC(=O)N2CC=C(c3ccc(-c4ncccn4)cc3F)CC2)C1.CO[C@@]1(C(=O)Nc2ccc3[nH]nc(-c4cn[nH]c4)c3c2)CCN(CC(=O)N2CC=C(c3ccc(-c4ncccn4)cc3)CC2)C1. The van der Waals surface area contributed by atoms with E-state index in [1.54, 1.807) is 121 Å². The minimum Gasteiger partial charge on any atom is -0.367 e. The number of carbonyl (C=O) groups is 6. The van der Waals surface area contributed by atoms with Crippen LogP contribution < -0.4 is 16.0 Å². The van der Waals surface area contributed by atoms with Gasteiger partial charge in [0.2, 0.25) is 29.5 Å². The number of fused-ring (bicyclic) bond motifs is 3. The standard InChI is InChI=1S/2C37H36F2N8O2.C33H33N9O3/c2*1-45(2)37(36(49)42-28-9-11-32-30(21-28)34(44-43-32)25-4-7-27(38)8-5-25)14-19-46(23-37)22-33(48)47-17-12-24(13-18-47)29-10-6-26(20-31(29)39)35-40-15-3-16-41-35;1-45-33(32(44)38-26-7-8-28-27(17-26)30(40-39-28)25-18-36-37-19-25)11-16-41(21-33)20-29(43)42-14-9-23(10-15-42)22-3-5-24(6-4-22)31-34-12-2-13-35-31/h2*3-12,15-16,20-21H,13-14,17-19,22-23H2,1-2H3,(H,42,49)(H,43,44);2-9,12-13,17-19H,10-11,14-16,20-21H2,1H3,(H,36,37)(H,38,44)(H,39,40)/t;;33-/m..0/s1. The number of amides is 6. The number of ether oxygens (including phenoxy) is 1. The molecule has 0 aliphatic carbocycles. The molecule has 3 fully saturated rings. The van der Waals surface area contributed by atoms with Crippen LogP contribution in [0, 0.1) is 23.3 Å². The van der Waals surface area contributed by atoms with Gasteiger partial charge in [-0.25, -0.2) is 47.5 Å². The first-order chi connectivity index (χ1) is 69.4. The summed E-state index contributed by atoms with van der Waals surface area (Å²) in [5.74, 6) is -0.257. The first-order valence-electron chi connectivity index (χ1n) is 47.3. The van der Waals surface area contributed by atoms with Gasteiger partial charge in [0.1, 0.15) is 40.0 Å². The van der Waals surface area contributed by atoms with E-state index in [2.05, 4.69) is 105 Å². The van der Waals surface area contributed by atoms with Crippen LogP contribution in [0.3, 0.4) is 0 Å². The van der Waals surface area contributed by atoms with Crippen molar-refractivity contribution in [2.75, 3.05) is 149 Å². The molecule has 0 radical (unpaired) electrons. The van der Waals surface area contributed by atoms with Gasteiger partial charge in [0.25, 0.3) is 5.91 Å². The van der Waals surface area contributed by atoms with E-state index in [9.17, 15) is 37.5 Å². The lowest BCUT2D eigenvalue weighted by Gasteiger charge is -2.35. The summed E-state index contributed by atoms with van der Waals surface area (Å²) in [5.41, 5.74) is 13.4. The summed E-state index contributed by atoms with van der Waals surface area (Å²) in [6.45, 7) is 6.45. The van der Waals surface area contributed by atoms with Gasteiger partial charge in [0.05, 0.1) is 53.8 Å². The Kier molecular flexibility index (Phi) is 28.1. The van der Waals surface area contributed by atoms with Crippen molar-refractivity contribution in [3.05, 3.63) is 290 Å². The monoisotopic (exact) mass is 1930 g/mol. The quantitative estimate of drug-likeness (QED) is 0.0276. The van der Waals surface area contributed by atoms with E-state index >= 15 is 8.78 Å². The molecular formula is C107H105F4N25O7. The van der Waals surface area contributed by atoms with Crippen molar-refractivity contribution in [3.63, 3.8) is 0 Å². The zero-order valence-electron chi connectivity index (χ0n) is 79.4. The minimum absolute atomic E-state index is 0.0268. The maximum atomic E-state index is 15.1. The van der Waals surface area contributed by atoms with Gasteiger partial charge in [-0.15, -0.1) is 0 Å². The minimum atomic E-state index is -1.05. The third-order valence-corrected chi connectivity index (χ3v) is 27.9. The van der Waals surface area contributed by atoms with E-state index in [0.717, 1.165) is 83.8 Å². The smallest absolute Gasteiger partial charge is 0.258 e. The highest BCUT2D eigenvalue weighted by atomic mass is 19.1. The number of nitrogens with one attached hydrogen (secondary N) is 7. The maximum Gasteiger partial charge on any atom is 0.258 e. The fourth-order valence-electron chi connectivity index (χ4n) is 19.5. The van der Waals surface area contributed by atoms with Gasteiger partial charge in [-0.1, -0.05) is 66.8 Å². The van der Waals surface area contributed by atoms with Crippen LogP contribution in [-0.2, 0) is 33.5 Å². The Balaban J connectivity index is 0.000000136. The summed E-state index contributed by atoms with van der Waals surface area (Å²) in [7, 11) is 9.08. The molecular weight excluding hydrogens is 1820 g/mol. The van der Waals surface area contributed by atoms with Gasteiger partial charge >= 0.3 is 0 Å². The summed E-state index contributed by atoms with van der Waals surface area (Å²) in [6, 6.07) is 52.4. The van der Waals surface area contributed by atoms with Crippen LogP contribution in [0.2, 0.25) is 0 Å². The number of aromatic amines is 4. The van der Waals surface area contributed by atoms with Crippen molar-refractivity contribution in [1.82, 2.24) is 110 Å². The van der Waals surface area contributed by atoms with Crippen LogP contribution in [0.1, 0.15) is 55.2 Å². The third-order valence-electron chi connectivity index (χ3n) is 27.9. The number of anilines is 3. The fraction of sp³-hybridized carbons (Fsp3) is 0.271. The predicted molar refractivity (Wildman–Crippen MR) is 538 cm³/mol. The van der Waals surface area contributed by atoms with Crippen molar-refractivity contribution >= 4 is 102 Å². The van der Waals surface area contributed by atoms with Gasteiger partial charge in [-0.2, -0.15) is 20.4 Å². The number of nitrogens with zero attached hydrogens (tertiary/aromatic N) is 18. The average molecular weight is 1930 g/mol. The fourth-order valence-corrected chi connectivity index (χ4v) is 19.5. The number of likely N-dealkylation sites (tertiary alicyclic amines) is 3. The largest absolute Gasteiger partial charge is 0.367 e. The molecule has 36 heteroatoms. The predicted octanol–water partition coefficient (Wildman–Crippen LogP) is 14.2. The summed E-state index contributed by atoms with van der Waals surface area (Å²) >= 11 is 0.